The summed E-state index contributed by atoms with van der Waals surface area (Å²) in [5, 5.41) is 24.1. The normalized spacial score (nSPS) is 14.3. The lowest BCUT2D eigenvalue weighted by molar-refractivity contribution is -0.439. The van der Waals surface area contributed by atoms with Gasteiger partial charge in [-0.3, -0.25) is 25.7 Å². The van der Waals surface area contributed by atoms with E-state index in [4.69, 9.17) is 0 Å². The first-order valence-electron chi connectivity index (χ1n) is 8.12. The maximum absolute atomic E-state index is 13.6. The molecule has 0 aliphatic heterocycles. The molecule has 0 aliphatic rings. The van der Waals surface area contributed by atoms with Crippen LogP contribution in [0.25, 0.3) is 0 Å². The molecule has 0 spiro atoms. The molecule has 0 fully saturated rings. The van der Waals surface area contributed by atoms with Gasteiger partial charge < -0.3 is 0 Å². The zero-order chi connectivity index (χ0) is 27.8. The van der Waals surface area contributed by atoms with Gasteiger partial charge in [-0.1, -0.05) is 0 Å². The molecule has 0 aromatic heterocycles. The molecular formula is C14H7F13N4O4. The Morgan fingerprint density at radius 1 is 0.771 bits per heavy atom. The van der Waals surface area contributed by atoms with Crippen LogP contribution in [0.15, 0.2) is 23.3 Å². The van der Waals surface area contributed by atoms with Crippen LogP contribution < -0.4 is 5.43 Å². The van der Waals surface area contributed by atoms with Crippen LogP contribution >= 0.6 is 0 Å². The van der Waals surface area contributed by atoms with Crippen molar-refractivity contribution in [2.45, 2.75) is 42.2 Å². The average molecular weight is 542 g/mol. The van der Waals surface area contributed by atoms with Gasteiger partial charge in [0.1, 0.15) is 5.69 Å². The maximum Gasteiger partial charge on any atom is 0.460 e. The molecule has 0 aliphatic carbocycles. The van der Waals surface area contributed by atoms with E-state index in [-0.39, 0.29) is 0 Å². The smallest absolute Gasteiger partial charge is 0.272 e. The van der Waals surface area contributed by atoms with Crippen LogP contribution in [0.2, 0.25) is 0 Å². The lowest BCUT2D eigenvalue weighted by Gasteiger charge is -2.39. The Labute approximate surface area is 182 Å². The van der Waals surface area contributed by atoms with Crippen molar-refractivity contribution in [2.24, 2.45) is 5.10 Å². The first kappa shape index (κ1) is 29.6. The highest BCUT2D eigenvalue weighted by atomic mass is 19.4. The number of rotatable bonds is 10. The molecule has 0 amide bonds. The number of nitro groups is 2. The van der Waals surface area contributed by atoms with Crippen molar-refractivity contribution in [3.8, 4) is 0 Å². The molecule has 0 radical (unpaired) electrons. The van der Waals surface area contributed by atoms with Gasteiger partial charge >= 0.3 is 41.5 Å². The van der Waals surface area contributed by atoms with Gasteiger partial charge in [-0.25, -0.2) is 0 Å². The topological polar surface area (TPSA) is 111 Å². The number of nitrogens with one attached hydrogen (secondary N) is 1. The van der Waals surface area contributed by atoms with Crippen LogP contribution in [0.4, 0.5) is 74.1 Å². The lowest BCUT2D eigenvalue weighted by atomic mass is 9.93. The summed E-state index contributed by atoms with van der Waals surface area (Å²) in [6.07, 6.45) is -10.8. The number of non-ortho nitro benzene ring substituents is 1. The van der Waals surface area contributed by atoms with Gasteiger partial charge in [0.2, 0.25) is 0 Å². The van der Waals surface area contributed by atoms with Crippen LogP contribution in [-0.4, -0.2) is 51.9 Å². The number of hydrazone groups is 1. The number of nitrogens with zero attached hydrogens (tertiary/aromatic N) is 3. The van der Waals surface area contributed by atoms with Crippen LogP contribution in [-0.2, 0) is 0 Å². The molecular weight excluding hydrogens is 535 g/mol. The average Bonchev–Trinajstić information content (AvgIpc) is 2.69. The van der Waals surface area contributed by atoms with Crippen molar-refractivity contribution in [3.63, 3.8) is 0 Å². The second kappa shape index (κ2) is 8.98. The van der Waals surface area contributed by atoms with Crippen molar-refractivity contribution in [2.75, 3.05) is 5.43 Å². The fourth-order valence-corrected chi connectivity index (χ4v) is 2.08. The molecule has 0 bridgehead atoms. The number of nitro benzene ring substituents is 2. The minimum Gasteiger partial charge on any atom is -0.272 e. The third-order valence-corrected chi connectivity index (χ3v) is 4.01. The van der Waals surface area contributed by atoms with Crippen molar-refractivity contribution in [1.29, 1.82) is 0 Å². The highest BCUT2D eigenvalue weighted by molar-refractivity contribution is 5.67. The van der Waals surface area contributed by atoms with Crippen LogP contribution in [0.3, 0.4) is 0 Å². The molecule has 0 unspecified atom stereocenters. The van der Waals surface area contributed by atoms with Gasteiger partial charge in [-0.15, -0.1) is 0 Å². The summed E-state index contributed by atoms with van der Waals surface area (Å²) in [6, 6.07) is 1.50. The second-order valence-electron chi connectivity index (χ2n) is 6.34. The van der Waals surface area contributed by atoms with Crippen molar-refractivity contribution >= 4 is 23.3 Å². The summed E-state index contributed by atoms with van der Waals surface area (Å²) in [5.74, 6) is -37.8. The molecule has 35 heavy (non-hydrogen) atoms. The van der Waals surface area contributed by atoms with E-state index in [1.54, 1.807) is 0 Å². The quantitative estimate of drug-likeness (QED) is 0.168. The van der Waals surface area contributed by atoms with E-state index in [0.29, 0.717) is 18.2 Å². The first-order chi connectivity index (χ1) is 15.5. The summed E-state index contributed by atoms with van der Waals surface area (Å²) >= 11 is 0. The minimum absolute atomic E-state index is 0.323. The van der Waals surface area contributed by atoms with E-state index < -0.39 is 75.3 Å². The first-order valence-corrected chi connectivity index (χ1v) is 8.12. The molecule has 1 aromatic rings. The molecule has 0 atom stereocenters. The monoisotopic (exact) mass is 542 g/mol. The predicted octanol–water partition coefficient (Wildman–Crippen LogP) is 6.03. The summed E-state index contributed by atoms with van der Waals surface area (Å²) in [6.45, 7) is 0. The summed E-state index contributed by atoms with van der Waals surface area (Å²) in [7, 11) is 0. The Morgan fingerprint density at radius 2 is 1.26 bits per heavy atom. The second-order valence-corrected chi connectivity index (χ2v) is 6.34. The fraction of sp³-hybridized carbons (Fsp3) is 0.500. The third-order valence-electron chi connectivity index (χ3n) is 4.01. The molecule has 198 valence electrons. The van der Waals surface area contributed by atoms with Gasteiger partial charge in [-0.05, 0) is 6.07 Å². The molecule has 1 aromatic carbocycles. The van der Waals surface area contributed by atoms with Gasteiger partial charge in [0.25, 0.3) is 5.69 Å². The van der Waals surface area contributed by atoms with E-state index >= 15 is 0 Å². The fourth-order valence-electron chi connectivity index (χ4n) is 2.08. The molecule has 0 saturated carbocycles. The number of hydrogen-bond acceptors (Lipinski definition) is 6. The zero-order valence-electron chi connectivity index (χ0n) is 15.9. The maximum atomic E-state index is 13.6. The Kier molecular flexibility index (Phi) is 7.60. The SMILES string of the molecule is O=[N+]([O-])c1ccc(NN=CCC(F)(F)C(F)(F)C(F)(F)C(F)(F)C(F)(F)C(F)(F)F)c([N+](=O)[O-])c1. The van der Waals surface area contributed by atoms with Gasteiger partial charge in [0.15, 0.2) is 0 Å². The van der Waals surface area contributed by atoms with Crippen molar-refractivity contribution in [1.82, 2.24) is 0 Å². The Morgan fingerprint density at radius 3 is 1.69 bits per heavy atom. The van der Waals surface area contributed by atoms with E-state index in [0.717, 1.165) is 0 Å². The number of hydrogen-bond donors (Lipinski definition) is 1. The molecule has 0 heterocycles. The molecule has 1 N–H and O–H groups in total. The Bertz CT molecular complexity index is 1010. The lowest BCUT2D eigenvalue weighted by Crippen LogP contribution is -2.70. The van der Waals surface area contributed by atoms with E-state index in [1.807, 2.05) is 0 Å². The summed E-state index contributed by atoms with van der Waals surface area (Å²) < 4.78 is 169. The number of halogens is 13. The number of benzene rings is 1. The number of anilines is 1. The van der Waals surface area contributed by atoms with E-state index in [1.165, 1.54) is 5.43 Å². The standard InChI is InChI=1S/C14H7F13N4O4/c15-9(16,10(17,18)11(19,20)12(21,22)13(23,24)14(25,26)27)3-4-28-29-7-2-1-6(30(32)33)5-8(7)31(34)35/h1-2,4-5,29H,3H2. The van der Waals surface area contributed by atoms with Crippen LogP contribution in [0.5, 0.6) is 0 Å². The van der Waals surface area contributed by atoms with Crippen LogP contribution in [0, 0.1) is 20.2 Å². The van der Waals surface area contributed by atoms with Crippen molar-refractivity contribution < 1.29 is 66.9 Å². The van der Waals surface area contributed by atoms with Gasteiger partial charge in [0.05, 0.1) is 22.3 Å². The van der Waals surface area contributed by atoms with Crippen molar-refractivity contribution in [3.05, 3.63) is 38.4 Å². The zero-order valence-corrected chi connectivity index (χ0v) is 15.9. The Balaban J connectivity index is 3.21. The number of alkyl halides is 13. The van der Waals surface area contributed by atoms with Gasteiger partial charge in [-0.2, -0.15) is 62.2 Å². The third kappa shape index (κ3) is 5.01. The molecule has 1 rings (SSSR count). The highest BCUT2D eigenvalue weighted by Crippen LogP contribution is 2.60. The minimum atomic E-state index is -8.04. The largest absolute Gasteiger partial charge is 0.460 e. The molecule has 21 heteroatoms. The van der Waals surface area contributed by atoms with E-state index in [2.05, 4.69) is 5.10 Å². The predicted molar refractivity (Wildman–Crippen MR) is 87.3 cm³/mol. The highest BCUT2D eigenvalue weighted by Gasteiger charge is 2.90. The Hall–Kier alpha value is -3.42. The molecule has 0 saturated heterocycles. The summed E-state index contributed by atoms with van der Waals surface area (Å²) in [4.78, 5) is 19.1. The van der Waals surface area contributed by atoms with Crippen LogP contribution in [0.1, 0.15) is 6.42 Å². The van der Waals surface area contributed by atoms with Gasteiger partial charge in [0, 0.05) is 12.3 Å². The summed E-state index contributed by atoms with van der Waals surface area (Å²) in [5.41, 5.74) is -1.27. The van der Waals surface area contributed by atoms with E-state index in [9.17, 15) is 77.3 Å². The molecule has 8 nitrogen and oxygen atoms in total.